The van der Waals surface area contributed by atoms with Crippen molar-refractivity contribution in [2.24, 2.45) is 5.92 Å². The van der Waals surface area contributed by atoms with Crippen molar-refractivity contribution in [3.63, 3.8) is 0 Å². The molecule has 3 atom stereocenters. The second-order valence-corrected chi connectivity index (χ2v) is 6.19. The summed E-state index contributed by atoms with van der Waals surface area (Å²) in [5.41, 5.74) is 0.594. The van der Waals surface area contributed by atoms with Gasteiger partial charge in [-0.2, -0.15) is 5.10 Å². The summed E-state index contributed by atoms with van der Waals surface area (Å²) >= 11 is 0. The zero-order chi connectivity index (χ0) is 14.1. The van der Waals surface area contributed by atoms with Crippen LogP contribution in [0.5, 0.6) is 0 Å². The van der Waals surface area contributed by atoms with Crippen molar-refractivity contribution in [2.75, 3.05) is 19.6 Å². The van der Waals surface area contributed by atoms with Gasteiger partial charge in [0.15, 0.2) is 0 Å². The molecule has 1 amide bonds. The summed E-state index contributed by atoms with van der Waals surface area (Å²) in [6.45, 7) is 7.25. The number of carbonyl (C=O) groups excluding carboxylic acids is 1. The minimum atomic E-state index is 0.0874. The Labute approximate surface area is 120 Å². The quantitative estimate of drug-likeness (QED) is 0.894. The minimum Gasteiger partial charge on any atom is -0.334 e. The van der Waals surface area contributed by atoms with Crippen LogP contribution in [-0.2, 0) is 0 Å². The fourth-order valence-electron chi connectivity index (χ4n) is 3.24. The third-order valence-electron chi connectivity index (χ3n) is 4.87. The van der Waals surface area contributed by atoms with Crippen LogP contribution in [0, 0.1) is 5.92 Å². The van der Waals surface area contributed by atoms with E-state index in [-0.39, 0.29) is 5.91 Å². The molecule has 5 heteroatoms. The molecule has 0 aliphatic carbocycles. The fourth-order valence-corrected chi connectivity index (χ4v) is 3.24. The molecule has 20 heavy (non-hydrogen) atoms. The number of carbonyl (C=O) groups is 1. The Morgan fingerprint density at radius 1 is 1.40 bits per heavy atom. The average molecular weight is 276 g/mol. The molecule has 3 rings (SSSR count). The molecule has 1 N–H and O–H groups in total. The van der Waals surface area contributed by atoms with Crippen molar-refractivity contribution in [1.29, 1.82) is 0 Å². The first-order chi connectivity index (χ1) is 9.66. The van der Waals surface area contributed by atoms with Gasteiger partial charge in [-0.1, -0.05) is 6.92 Å². The molecular formula is C15H24N4O. The van der Waals surface area contributed by atoms with Crippen LogP contribution in [0.15, 0.2) is 12.3 Å². The van der Waals surface area contributed by atoms with Crippen molar-refractivity contribution in [3.05, 3.63) is 18.0 Å². The van der Waals surface area contributed by atoms with Gasteiger partial charge in [0.25, 0.3) is 5.91 Å². The van der Waals surface area contributed by atoms with Gasteiger partial charge in [0.2, 0.25) is 0 Å². The predicted octanol–water partition coefficient (Wildman–Crippen LogP) is 1.68. The summed E-state index contributed by atoms with van der Waals surface area (Å²) in [7, 11) is 0. The molecule has 110 valence electrons. The van der Waals surface area contributed by atoms with E-state index in [4.69, 9.17) is 0 Å². The van der Waals surface area contributed by atoms with Crippen LogP contribution in [0.1, 0.15) is 49.6 Å². The molecule has 2 saturated heterocycles. The number of piperidine rings is 1. The normalized spacial score (nSPS) is 30.7. The molecule has 2 aliphatic rings. The van der Waals surface area contributed by atoms with Gasteiger partial charge in [-0.15, -0.1) is 0 Å². The highest BCUT2D eigenvalue weighted by Crippen LogP contribution is 2.25. The molecular weight excluding hydrogens is 252 g/mol. The molecule has 0 aromatic carbocycles. The number of hydrogen-bond donors (Lipinski definition) is 1. The van der Waals surface area contributed by atoms with E-state index in [2.05, 4.69) is 24.3 Å². The van der Waals surface area contributed by atoms with Crippen molar-refractivity contribution in [1.82, 2.24) is 20.0 Å². The van der Waals surface area contributed by atoms with Gasteiger partial charge >= 0.3 is 0 Å². The van der Waals surface area contributed by atoms with E-state index >= 15 is 0 Å². The van der Waals surface area contributed by atoms with Crippen LogP contribution in [0.25, 0.3) is 0 Å². The zero-order valence-electron chi connectivity index (χ0n) is 12.4. The lowest BCUT2D eigenvalue weighted by Crippen LogP contribution is -2.36. The first-order valence-corrected chi connectivity index (χ1v) is 7.73. The molecule has 2 aliphatic heterocycles. The lowest BCUT2D eigenvalue weighted by Gasteiger charge is -2.24. The third-order valence-corrected chi connectivity index (χ3v) is 4.87. The third kappa shape index (κ3) is 2.46. The number of amides is 1. The number of nitrogens with zero attached hydrogens (tertiary/aromatic N) is 3. The summed E-state index contributed by atoms with van der Waals surface area (Å²) in [6.07, 6.45) is 5.36. The first-order valence-electron chi connectivity index (χ1n) is 7.73. The smallest absolute Gasteiger partial charge is 0.274 e. The highest BCUT2D eigenvalue weighted by Gasteiger charge is 2.32. The molecule has 3 unspecified atom stereocenters. The molecule has 5 nitrogen and oxygen atoms in total. The van der Waals surface area contributed by atoms with Gasteiger partial charge < -0.3 is 10.2 Å². The first kappa shape index (κ1) is 13.6. The van der Waals surface area contributed by atoms with Crippen LogP contribution in [-0.4, -0.2) is 46.3 Å². The van der Waals surface area contributed by atoms with Gasteiger partial charge in [0.05, 0.1) is 6.04 Å². The number of nitrogens with one attached hydrogen (secondary N) is 1. The van der Waals surface area contributed by atoms with Gasteiger partial charge in [0, 0.05) is 25.3 Å². The van der Waals surface area contributed by atoms with Crippen LogP contribution in [0.2, 0.25) is 0 Å². The van der Waals surface area contributed by atoms with Crippen LogP contribution in [0.4, 0.5) is 0 Å². The van der Waals surface area contributed by atoms with E-state index in [0.29, 0.717) is 23.7 Å². The Balaban J connectivity index is 1.71. The standard InChI is InChI=1S/C15H24N4O/c1-11-5-8-18(12(11)2)15(20)14-6-9-19(17-14)13-4-3-7-16-10-13/h6,9,11-13,16H,3-5,7-8,10H2,1-2H3. The minimum absolute atomic E-state index is 0.0874. The maximum absolute atomic E-state index is 12.5. The van der Waals surface area contributed by atoms with E-state index in [0.717, 1.165) is 32.5 Å². The van der Waals surface area contributed by atoms with E-state index in [1.54, 1.807) is 0 Å². The summed E-state index contributed by atoms with van der Waals surface area (Å²) in [4.78, 5) is 14.5. The highest BCUT2D eigenvalue weighted by molar-refractivity contribution is 5.92. The largest absolute Gasteiger partial charge is 0.334 e. The van der Waals surface area contributed by atoms with E-state index in [1.807, 2.05) is 21.8 Å². The number of rotatable bonds is 2. The molecule has 2 fully saturated rings. The Bertz CT molecular complexity index is 478. The lowest BCUT2D eigenvalue weighted by molar-refractivity contribution is 0.0727. The maximum atomic E-state index is 12.5. The maximum Gasteiger partial charge on any atom is 0.274 e. The number of likely N-dealkylation sites (tertiary alicyclic amines) is 1. The molecule has 0 saturated carbocycles. The molecule has 0 spiro atoms. The Morgan fingerprint density at radius 2 is 2.25 bits per heavy atom. The van der Waals surface area contributed by atoms with Crippen molar-refractivity contribution >= 4 is 5.91 Å². The summed E-state index contributed by atoms with van der Waals surface area (Å²) in [6, 6.07) is 2.58. The Hall–Kier alpha value is -1.36. The van der Waals surface area contributed by atoms with Crippen LogP contribution >= 0.6 is 0 Å². The van der Waals surface area contributed by atoms with Crippen LogP contribution < -0.4 is 5.32 Å². The van der Waals surface area contributed by atoms with Crippen molar-refractivity contribution < 1.29 is 4.79 Å². The summed E-state index contributed by atoms with van der Waals surface area (Å²) in [5.74, 6) is 0.674. The summed E-state index contributed by atoms with van der Waals surface area (Å²) < 4.78 is 1.96. The fraction of sp³-hybridized carbons (Fsp3) is 0.733. The number of aromatic nitrogens is 2. The average Bonchev–Trinajstić information content (AvgIpc) is 3.08. The van der Waals surface area contributed by atoms with E-state index in [1.165, 1.54) is 6.42 Å². The monoisotopic (exact) mass is 276 g/mol. The SMILES string of the molecule is CC1CCN(C(=O)c2ccn(C3CCCNC3)n2)C1C. The van der Waals surface area contributed by atoms with Gasteiger partial charge in [0.1, 0.15) is 5.69 Å². The van der Waals surface area contributed by atoms with E-state index in [9.17, 15) is 4.79 Å². The van der Waals surface area contributed by atoms with Gasteiger partial charge in [-0.25, -0.2) is 0 Å². The zero-order valence-corrected chi connectivity index (χ0v) is 12.4. The molecule has 1 aromatic rings. The topological polar surface area (TPSA) is 50.2 Å². The van der Waals surface area contributed by atoms with Gasteiger partial charge in [-0.3, -0.25) is 9.48 Å². The van der Waals surface area contributed by atoms with Crippen LogP contribution in [0.3, 0.4) is 0 Å². The molecule has 1 aromatic heterocycles. The van der Waals surface area contributed by atoms with Gasteiger partial charge in [-0.05, 0) is 44.7 Å². The lowest BCUT2D eigenvalue weighted by atomic mass is 10.1. The number of hydrogen-bond acceptors (Lipinski definition) is 3. The molecule has 0 radical (unpaired) electrons. The molecule has 3 heterocycles. The second kappa shape index (κ2) is 5.56. The highest BCUT2D eigenvalue weighted by atomic mass is 16.2. The van der Waals surface area contributed by atoms with Crippen molar-refractivity contribution in [2.45, 2.75) is 45.2 Å². The van der Waals surface area contributed by atoms with E-state index < -0.39 is 0 Å². The Morgan fingerprint density at radius 3 is 2.90 bits per heavy atom. The van der Waals surface area contributed by atoms with Crippen molar-refractivity contribution in [3.8, 4) is 0 Å². The summed E-state index contributed by atoms with van der Waals surface area (Å²) in [5, 5.41) is 7.91. The second-order valence-electron chi connectivity index (χ2n) is 6.19. The predicted molar refractivity (Wildman–Crippen MR) is 77.6 cm³/mol. The molecule has 0 bridgehead atoms. The Kier molecular flexibility index (Phi) is 3.78.